The number of hydrogen-bond acceptors (Lipinski definition) is 3. The molecule has 0 saturated carbocycles. The average molecular weight is 242 g/mol. The lowest BCUT2D eigenvalue weighted by molar-refractivity contribution is 0.162. The zero-order valence-electron chi connectivity index (χ0n) is 8.25. The number of rotatable bonds is 8. The van der Waals surface area contributed by atoms with Gasteiger partial charge in [-0.05, 0) is 6.92 Å². The molecule has 0 saturated heterocycles. The lowest BCUT2D eigenvalue weighted by Crippen LogP contribution is -2.30. The fraction of sp³-hybridized carbons (Fsp3) is 0.750. The molecule has 0 aromatic carbocycles. The number of ether oxygens (including phenoxy) is 1. The molecule has 0 aliphatic carbocycles. The predicted octanol–water partition coefficient (Wildman–Crippen LogP) is 0.737. The first-order valence-electron chi connectivity index (χ1n) is 4.23. The van der Waals surface area contributed by atoms with Crippen molar-refractivity contribution >= 4 is 21.6 Å². The van der Waals surface area contributed by atoms with Crippen LogP contribution in [0.25, 0.3) is 0 Å². The molecule has 84 valence electrons. The first-order valence-corrected chi connectivity index (χ1v) is 6.42. The summed E-state index contributed by atoms with van der Waals surface area (Å²) in [5.41, 5.74) is 0.911. The molecule has 0 rings (SSSR count). The van der Waals surface area contributed by atoms with Crippen molar-refractivity contribution in [3.8, 4) is 0 Å². The number of alkyl halides is 1. The Kier molecular flexibility index (Phi) is 7.17. The van der Waals surface area contributed by atoms with E-state index in [1.165, 1.54) is 0 Å². The van der Waals surface area contributed by atoms with Gasteiger partial charge >= 0.3 is 0 Å². The normalized spacial score (nSPS) is 11.6. The third-order valence-corrected chi connectivity index (χ3v) is 3.06. The molecule has 0 aromatic rings. The van der Waals surface area contributed by atoms with Gasteiger partial charge in [0.25, 0.3) is 0 Å². The smallest absolute Gasteiger partial charge is 0.212 e. The minimum absolute atomic E-state index is 0.0605. The van der Waals surface area contributed by atoms with Gasteiger partial charge in [-0.25, -0.2) is 13.1 Å². The van der Waals surface area contributed by atoms with Gasteiger partial charge in [0, 0.05) is 12.4 Å². The summed E-state index contributed by atoms with van der Waals surface area (Å²) in [6.45, 7) is 6.56. The highest BCUT2D eigenvalue weighted by molar-refractivity contribution is 7.89. The Morgan fingerprint density at radius 2 is 2.21 bits per heavy atom. The number of nitrogens with one attached hydrogen (secondary N) is 1. The highest BCUT2D eigenvalue weighted by Gasteiger charge is 2.07. The van der Waals surface area contributed by atoms with Crippen LogP contribution in [0.5, 0.6) is 0 Å². The Balaban J connectivity index is 3.49. The van der Waals surface area contributed by atoms with Gasteiger partial charge in [-0.2, -0.15) is 0 Å². The van der Waals surface area contributed by atoms with E-state index in [2.05, 4.69) is 11.3 Å². The zero-order valence-corrected chi connectivity index (χ0v) is 9.83. The van der Waals surface area contributed by atoms with Crippen LogP contribution in [0.2, 0.25) is 0 Å². The van der Waals surface area contributed by atoms with Gasteiger partial charge in [-0.1, -0.05) is 12.2 Å². The van der Waals surface area contributed by atoms with Gasteiger partial charge in [0.1, 0.15) is 0 Å². The van der Waals surface area contributed by atoms with Crippen LogP contribution in [-0.2, 0) is 14.8 Å². The summed E-state index contributed by atoms with van der Waals surface area (Å²) in [6.07, 6.45) is 0. The van der Waals surface area contributed by atoms with Crippen molar-refractivity contribution in [3.05, 3.63) is 12.2 Å². The summed E-state index contributed by atoms with van der Waals surface area (Å²) in [6, 6.07) is 0. The van der Waals surface area contributed by atoms with E-state index in [9.17, 15) is 8.42 Å². The van der Waals surface area contributed by atoms with E-state index in [0.29, 0.717) is 13.2 Å². The summed E-state index contributed by atoms with van der Waals surface area (Å²) in [5.74, 6) is 0.0387. The van der Waals surface area contributed by atoms with Gasteiger partial charge in [-0.15, -0.1) is 11.6 Å². The van der Waals surface area contributed by atoms with Crippen molar-refractivity contribution in [2.45, 2.75) is 6.92 Å². The summed E-state index contributed by atoms with van der Waals surface area (Å²) in [4.78, 5) is 0. The Morgan fingerprint density at radius 3 is 2.71 bits per heavy atom. The molecule has 0 heterocycles. The summed E-state index contributed by atoms with van der Waals surface area (Å²) >= 11 is 5.31. The topological polar surface area (TPSA) is 55.4 Å². The van der Waals surface area contributed by atoms with Gasteiger partial charge in [0.05, 0.1) is 19.0 Å². The van der Waals surface area contributed by atoms with E-state index in [1.807, 2.05) is 6.92 Å². The Bertz CT molecular complexity index is 264. The average Bonchev–Trinajstić information content (AvgIpc) is 2.02. The Hall–Kier alpha value is -0.100. The van der Waals surface area contributed by atoms with Crippen LogP contribution in [-0.4, -0.2) is 39.8 Å². The van der Waals surface area contributed by atoms with Gasteiger partial charge in [0.15, 0.2) is 0 Å². The SMILES string of the molecule is C=C(C)COCCNS(=O)(=O)CCCl. The highest BCUT2D eigenvalue weighted by Crippen LogP contribution is 1.89. The molecule has 4 nitrogen and oxygen atoms in total. The molecule has 0 unspecified atom stereocenters. The second-order valence-corrected chi connectivity index (χ2v) is 5.22. The zero-order chi connectivity index (χ0) is 11.0. The van der Waals surface area contributed by atoms with Gasteiger partial charge in [-0.3, -0.25) is 0 Å². The molecule has 1 N–H and O–H groups in total. The second kappa shape index (κ2) is 7.23. The first kappa shape index (κ1) is 13.9. The van der Waals surface area contributed by atoms with E-state index in [1.54, 1.807) is 0 Å². The fourth-order valence-electron chi connectivity index (χ4n) is 0.689. The maximum Gasteiger partial charge on any atom is 0.212 e. The van der Waals surface area contributed by atoms with Crippen LogP contribution >= 0.6 is 11.6 Å². The van der Waals surface area contributed by atoms with Crippen LogP contribution in [0, 0.1) is 0 Å². The van der Waals surface area contributed by atoms with Crippen molar-refractivity contribution in [1.82, 2.24) is 4.72 Å². The molecule has 0 aliphatic rings. The summed E-state index contributed by atoms with van der Waals surface area (Å²) in [5, 5.41) is 0. The van der Waals surface area contributed by atoms with Crippen molar-refractivity contribution < 1.29 is 13.2 Å². The molecule has 0 bridgehead atoms. The van der Waals surface area contributed by atoms with Crippen LogP contribution < -0.4 is 4.72 Å². The minimum Gasteiger partial charge on any atom is -0.376 e. The molecule has 0 radical (unpaired) electrons. The van der Waals surface area contributed by atoms with Crippen LogP contribution in [0.4, 0.5) is 0 Å². The highest BCUT2D eigenvalue weighted by atomic mass is 35.5. The van der Waals surface area contributed by atoms with E-state index < -0.39 is 10.0 Å². The predicted molar refractivity (Wildman–Crippen MR) is 58.1 cm³/mol. The molecule has 0 amide bonds. The number of halogens is 1. The van der Waals surface area contributed by atoms with E-state index in [0.717, 1.165) is 5.57 Å². The molecule has 6 heteroatoms. The van der Waals surface area contributed by atoms with Gasteiger partial charge in [0.2, 0.25) is 10.0 Å². The summed E-state index contributed by atoms with van der Waals surface area (Å²) in [7, 11) is -3.22. The van der Waals surface area contributed by atoms with E-state index in [4.69, 9.17) is 16.3 Å². The Labute approximate surface area is 90.3 Å². The van der Waals surface area contributed by atoms with Crippen LogP contribution in [0.1, 0.15) is 6.92 Å². The lowest BCUT2D eigenvalue weighted by Gasteiger charge is -2.05. The molecule has 0 spiro atoms. The maximum absolute atomic E-state index is 11.1. The lowest BCUT2D eigenvalue weighted by atomic mass is 10.4. The molecule has 0 fully saturated rings. The Morgan fingerprint density at radius 1 is 1.57 bits per heavy atom. The number of hydrogen-bond donors (Lipinski definition) is 1. The molecule has 0 aromatic heterocycles. The molecule has 0 atom stereocenters. The molecular formula is C8H16ClNO3S. The molecular weight excluding hydrogens is 226 g/mol. The maximum atomic E-state index is 11.1. The minimum atomic E-state index is -3.22. The van der Waals surface area contributed by atoms with E-state index >= 15 is 0 Å². The van der Waals surface area contributed by atoms with E-state index in [-0.39, 0.29) is 18.2 Å². The third kappa shape index (κ3) is 8.50. The molecule has 14 heavy (non-hydrogen) atoms. The van der Waals surface area contributed by atoms with Crippen molar-refractivity contribution in [1.29, 1.82) is 0 Å². The quantitative estimate of drug-likeness (QED) is 0.387. The van der Waals surface area contributed by atoms with Crippen molar-refractivity contribution in [2.75, 3.05) is 31.4 Å². The molecule has 0 aliphatic heterocycles. The van der Waals surface area contributed by atoms with Crippen LogP contribution in [0.15, 0.2) is 12.2 Å². The second-order valence-electron chi connectivity index (χ2n) is 2.91. The third-order valence-electron chi connectivity index (χ3n) is 1.26. The first-order chi connectivity index (χ1) is 6.48. The largest absolute Gasteiger partial charge is 0.376 e. The van der Waals surface area contributed by atoms with Crippen molar-refractivity contribution in [2.24, 2.45) is 0 Å². The van der Waals surface area contributed by atoms with Crippen molar-refractivity contribution in [3.63, 3.8) is 0 Å². The standard InChI is InChI=1S/C8H16ClNO3S/c1-8(2)7-13-5-4-10-14(11,12)6-3-9/h10H,1,3-7H2,2H3. The monoisotopic (exact) mass is 241 g/mol. The van der Waals surface area contributed by atoms with Gasteiger partial charge < -0.3 is 4.74 Å². The van der Waals surface area contributed by atoms with Crippen LogP contribution in [0.3, 0.4) is 0 Å². The summed E-state index contributed by atoms with van der Waals surface area (Å²) < 4.78 is 29.6. The fourth-order valence-corrected chi connectivity index (χ4v) is 2.04. The number of sulfonamides is 1.